The van der Waals surface area contributed by atoms with E-state index in [2.05, 4.69) is 41.4 Å². The fourth-order valence-corrected chi connectivity index (χ4v) is 1.72. The van der Waals surface area contributed by atoms with Gasteiger partial charge in [-0.1, -0.05) is 20.8 Å². The zero-order valence-electron chi connectivity index (χ0n) is 10.5. The van der Waals surface area contributed by atoms with Crippen molar-refractivity contribution in [3.05, 3.63) is 23.8 Å². The lowest BCUT2D eigenvalue weighted by molar-refractivity contribution is 0.397. The number of nitrogens with zero attached hydrogens (tertiary/aromatic N) is 3. The molecule has 1 heterocycles. The predicted molar refractivity (Wildman–Crippen MR) is 64.9 cm³/mol. The van der Waals surface area contributed by atoms with E-state index in [-0.39, 0.29) is 5.41 Å². The minimum Gasteiger partial charge on any atom is -0.496 e. The highest BCUT2D eigenvalue weighted by molar-refractivity contribution is 5.59. The molecule has 5 nitrogen and oxygen atoms in total. The van der Waals surface area contributed by atoms with E-state index in [9.17, 15) is 0 Å². The van der Waals surface area contributed by atoms with Crippen molar-refractivity contribution in [3.8, 4) is 17.1 Å². The number of benzene rings is 1. The molecule has 0 aliphatic carbocycles. The van der Waals surface area contributed by atoms with Gasteiger partial charge >= 0.3 is 0 Å². The minimum atomic E-state index is 0.00505. The standard InChI is InChI=1S/C12H16N4O/c1-12(2,3)9-7-8(5-6-10(9)17-4)11-13-15-16-14-11/h5-7H,1-4H3,(H,13,14,15,16). The molecule has 0 radical (unpaired) electrons. The van der Waals surface area contributed by atoms with Crippen molar-refractivity contribution in [2.45, 2.75) is 26.2 Å². The van der Waals surface area contributed by atoms with Crippen molar-refractivity contribution in [3.63, 3.8) is 0 Å². The van der Waals surface area contributed by atoms with Gasteiger partial charge in [0.1, 0.15) is 5.75 Å². The molecule has 0 amide bonds. The molecule has 0 fully saturated rings. The summed E-state index contributed by atoms with van der Waals surface area (Å²) < 4.78 is 5.38. The molecule has 5 heteroatoms. The number of H-pyrrole nitrogens is 1. The van der Waals surface area contributed by atoms with Gasteiger partial charge in [-0.25, -0.2) is 0 Å². The van der Waals surface area contributed by atoms with Crippen molar-refractivity contribution >= 4 is 0 Å². The maximum Gasteiger partial charge on any atom is 0.204 e. The molecule has 0 spiro atoms. The summed E-state index contributed by atoms with van der Waals surface area (Å²) in [6.45, 7) is 6.43. The number of hydrogen-bond donors (Lipinski definition) is 1. The largest absolute Gasteiger partial charge is 0.496 e. The molecular formula is C12H16N4O. The summed E-state index contributed by atoms with van der Waals surface area (Å²) in [6.07, 6.45) is 0. The van der Waals surface area contributed by atoms with Gasteiger partial charge in [-0.15, -0.1) is 10.2 Å². The van der Waals surface area contributed by atoms with Crippen LogP contribution < -0.4 is 4.74 Å². The van der Waals surface area contributed by atoms with E-state index in [0.29, 0.717) is 5.82 Å². The molecule has 90 valence electrons. The maximum absolute atomic E-state index is 5.38. The highest BCUT2D eigenvalue weighted by Gasteiger charge is 2.20. The fourth-order valence-electron chi connectivity index (χ4n) is 1.72. The normalized spacial score (nSPS) is 11.5. The molecule has 0 atom stereocenters. The Balaban J connectivity index is 2.53. The van der Waals surface area contributed by atoms with Crippen LogP contribution in [0.2, 0.25) is 0 Å². The Bertz CT molecular complexity index is 500. The second kappa shape index (κ2) is 4.16. The van der Waals surface area contributed by atoms with Crippen LogP contribution in [-0.2, 0) is 5.41 Å². The van der Waals surface area contributed by atoms with Gasteiger partial charge in [0.2, 0.25) is 5.82 Å². The van der Waals surface area contributed by atoms with Crippen LogP contribution in [0.4, 0.5) is 0 Å². The topological polar surface area (TPSA) is 63.7 Å². The molecule has 0 aliphatic rings. The molecule has 0 aliphatic heterocycles. The van der Waals surface area contributed by atoms with E-state index in [1.54, 1.807) is 7.11 Å². The predicted octanol–water partition coefficient (Wildman–Crippen LogP) is 2.17. The van der Waals surface area contributed by atoms with Gasteiger partial charge in [0.25, 0.3) is 0 Å². The first-order valence-electron chi connectivity index (χ1n) is 5.44. The van der Waals surface area contributed by atoms with Crippen LogP contribution in [-0.4, -0.2) is 27.7 Å². The van der Waals surface area contributed by atoms with Crippen LogP contribution in [0.5, 0.6) is 5.75 Å². The van der Waals surface area contributed by atoms with Gasteiger partial charge in [-0.2, -0.15) is 5.21 Å². The minimum absolute atomic E-state index is 0.00505. The van der Waals surface area contributed by atoms with Crippen LogP contribution in [0.15, 0.2) is 18.2 Å². The number of hydrogen-bond acceptors (Lipinski definition) is 4. The number of aromatic amines is 1. The summed E-state index contributed by atoms with van der Waals surface area (Å²) in [5, 5.41) is 14.0. The molecule has 1 N–H and O–H groups in total. The molecule has 0 saturated carbocycles. The van der Waals surface area contributed by atoms with Crippen molar-refractivity contribution in [2.24, 2.45) is 0 Å². The SMILES string of the molecule is COc1ccc(-c2nn[nH]n2)cc1C(C)(C)C. The Labute approximate surface area is 100 Å². The first-order valence-corrected chi connectivity index (χ1v) is 5.44. The van der Waals surface area contributed by atoms with E-state index in [4.69, 9.17) is 4.74 Å². The summed E-state index contributed by atoms with van der Waals surface area (Å²) in [5.74, 6) is 1.47. The van der Waals surface area contributed by atoms with Crippen LogP contribution >= 0.6 is 0 Å². The third kappa shape index (κ3) is 2.27. The fraction of sp³-hybridized carbons (Fsp3) is 0.417. The Morgan fingerprint density at radius 1 is 1.24 bits per heavy atom. The van der Waals surface area contributed by atoms with Gasteiger partial charge in [0.15, 0.2) is 0 Å². The number of nitrogens with one attached hydrogen (secondary N) is 1. The Kier molecular flexibility index (Phi) is 2.83. The van der Waals surface area contributed by atoms with E-state index in [1.165, 1.54) is 0 Å². The summed E-state index contributed by atoms with van der Waals surface area (Å²) in [7, 11) is 1.68. The lowest BCUT2D eigenvalue weighted by Crippen LogP contribution is -2.13. The van der Waals surface area contributed by atoms with E-state index >= 15 is 0 Å². The summed E-state index contributed by atoms with van der Waals surface area (Å²) in [5.41, 5.74) is 2.07. The lowest BCUT2D eigenvalue weighted by Gasteiger charge is -2.22. The number of methoxy groups -OCH3 is 1. The molecule has 0 unspecified atom stereocenters. The number of rotatable bonds is 2. The third-order valence-electron chi connectivity index (χ3n) is 2.61. The Morgan fingerprint density at radius 3 is 2.53 bits per heavy atom. The summed E-state index contributed by atoms with van der Waals surface area (Å²) in [6, 6.07) is 5.91. The van der Waals surface area contributed by atoms with Gasteiger partial charge in [-0.05, 0) is 28.8 Å². The highest BCUT2D eigenvalue weighted by atomic mass is 16.5. The first kappa shape index (κ1) is 11.6. The number of aromatic nitrogens is 4. The van der Waals surface area contributed by atoms with Gasteiger partial charge < -0.3 is 4.74 Å². The molecule has 1 aromatic carbocycles. The molecule has 2 aromatic rings. The molecule has 0 bridgehead atoms. The quantitative estimate of drug-likeness (QED) is 0.861. The third-order valence-corrected chi connectivity index (χ3v) is 2.61. The number of ether oxygens (including phenoxy) is 1. The summed E-state index contributed by atoms with van der Waals surface area (Å²) >= 11 is 0. The molecule has 1 aromatic heterocycles. The van der Waals surface area contributed by atoms with Crippen LogP contribution in [0.1, 0.15) is 26.3 Å². The first-order chi connectivity index (χ1) is 8.02. The van der Waals surface area contributed by atoms with Crippen molar-refractivity contribution in [1.82, 2.24) is 20.6 Å². The van der Waals surface area contributed by atoms with E-state index < -0.39 is 0 Å². The highest BCUT2D eigenvalue weighted by Crippen LogP contribution is 2.33. The monoisotopic (exact) mass is 232 g/mol. The van der Waals surface area contributed by atoms with E-state index in [1.807, 2.05) is 18.2 Å². The summed E-state index contributed by atoms with van der Waals surface area (Å²) in [4.78, 5) is 0. The van der Waals surface area contributed by atoms with Crippen LogP contribution in [0.3, 0.4) is 0 Å². The van der Waals surface area contributed by atoms with Crippen molar-refractivity contribution in [2.75, 3.05) is 7.11 Å². The average Bonchev–Trinajstić information content (AvgIpc) is 2.80. The lowest BCUT2D eigenvalue weighted by atomic mass is 9.85. The number of tetrazole rings is 1. The van der Waals surface area contributed by atoms with Gasteiger partial charge in [0, 0.05) is 11.1 Å². The smallest absolute Gasteiger partial charge is 0.204 e. The molecule has 2 rings (SSSR count). The average molecular weight is 232 g/mol. The van der Waals surface area contributed by atoms with E-state index in [0.717, 1.165) is 16.9 Å². The van der Waals surface area contributed by atoms with Crippen LogP contribution in [0, 0.1) is 0 Å². The zero-order valence-corrected chi connectivity index (χ0v) is 10.5. The van der Waals surface area contributed by atoms with Crippen molar-refractivity contribution in [1.29, 1.82) is 0 Å². The zero-order chi connectivity index (χ0) is 12.5. The second-order valence-corrected chi connectivity index (χ2v) is 4.90. The Morgan fingerprint density at radius 2 is 2.00 bits per heavy atom. The molecule has 0 saturated heterocycles. The van der Waals surface area contributed by atoms with Crippen molar-refractivity contribution < 1.29 is 4.74 Å². The van der Waals surface area contributed by atoms with Crippen LogP contribution in [0.25, 0.3) is 11.4 Å². The van der Waals surface area contributed by atoms with Gasteiger partial charge in [-0.3, -0.25) is 0 Å². The maximum atomic E-state index is 5.38. The van der Waals surface area contributed by atoms with Gasteiger partial charge in [0.05, 0.1) is 7.11 Å². The molecule has 17 heavy (non-hydrogen) atoms. The molecular weight excluding hydrogens is 216 g/mol. The Hall–Kier alpha value is -1.91. The second-order valence-electron chi connectivity index (χ2n) is 4.90.